The lowest BCUT2D eigenvalue weighted by atomic mass is 9.97. The number of unbranched alkanes of at least 4 members (excludes halogenated alkanes) is 3. The highest BCUT2D eigenvalue weighted by Crippen LogP contribution is 2.37. The molecule has 0 atom stereocenters. The molecule has 0 aliphatic carbocycles. The van der Waals surface area contributed by atoms with Crippen LogP contribution >= 0.6 is 0 Å². The van der Waals surface area contributed by atoms with Crippen molar-refractivity contribution in [3.63, 3.8) is 0 Å². The van der Waals surface area contributed by atoms with Crippen molar-refractivity contribution < 1.29 is 14.3 Å². The topological polar surface area (TPSA) is 55.4 Å². The molecule has 0 spiro atoms. The van der Waals surface area contributed by atoms with Gasteiger partial charge >= 0.3 is 0 Å². The fourth-order valence-electron chi connectivity index (χ4n) is 3.06. The van der Waals surface area contributed by atoms with Gasteiger partial charge in [-0.3, -0.25) is 14.9 Å². The van der Waals surface area contributed by atoms with Crippen LogP contribution in [0.25, 0.3) is 16.7 Å². The maximum absolute atomic E-state index is 12.1. The number of ether oxygens (including phenoxy) is 1. The third-order valence-corrected chi connectivity index (χ3v) is 4.39. The number of hydrogen-bond donors (Lipinski definition) is 1. The average Bonchev–Trinajstić information content (AvgIpc) is 3.00. The van der Waals surface area contributed by atoms with Crippen LogP contribution in [-0.2, 0) is 9.59 Å². The third kappa shape index (κ3) is 4.02. The number of benzene rings is 2. The van der Waals surface area contributed by atoms with Crippen LogP contribution < -0.4 is 10.1 Å². The minimum absolute atomic E-state index is 0.358. The van der Waals surface area contributed by atoms with E-state index in [-0.39, 0.29) is 11.8 Å². The Morgan fingerprint density at radius 3 is 2.35 bits per heavy atom. The molecule has 3 rings (SSSR count). The smallest absolute Gasteiger partial charge is 0.259 e. The zero-order valence-electron chi connectivity index (χ0n) is 15.0. The summed E-state index contributed by atoms with van der Waals surface area (Å²) in [6.07, 6.45) is 5.76. The Morgan fingerprint density at radius 2 is 1.65 bits per heavy atom. The number of amides is 2. The van der Waals surface area contributed by atoms with Gasteiger partial charge < -0.3 is 4.74 Å². The summed E-state index contributed by atoms with van der Waals surface area (Å²) in [6, 6.07) is 15.6. The number of carbonyl (C=O) groups excluding carboxylic acids is 2. The Morgan fingerprint density at radius 1 is 0.885 bits per heavy atom. The molecule has 2 amide bonds. The predicted octanol–water partition coefficient (Wildman–Crippen LogP) is 4.35. The molecule has 2 aromatic rings. The lowest BCUT2D eigenvalue weighted by molar-refractivity contribution is -0.123. The quantitative estimate of drug-likeness (QED) is 0.569. The van der Waals surface area contributed by atoms with Crippen LogP contribution in [0.15, 0.2) is 54.6 Å². The molecular formula is C22H23NO3. The highest BCUT2D eigenvalue weighted by Gasteiger charge is 2.26. The second-order valence-electron chi connectivity index (χ2n) is 6.33. The summed E-state index contributed by atoms with van der Waals surface area (Å²) in [4.78, 5) is 23.7. The third-order valence-electron chi connectivity index (χ3n) is 4.39. The Kier molecular flexibility index (Phi) is 5.84. The highest BCUT2D eigenvalue weighted by atomic mass is 16.5. The number of hydrogen-bond acceptors (Lipinski definition) is 3. The largest absolute Gasteiger partial charge is 0.492 e. The van der Waals surface area contributed by atoms with Gasteiger partial charge in [0.25, 0.3) is 11.8 Å². The van der Waals surface area contributed by atoms with E-state index < -0.39 is 0 Å². The van der Waals surface area contributed by atoms with E-state index in [9.17, 15) is 9.59 Å². The molecule has 0 bridgehead atoms. The van der Waals surface area contributed by atoms with Crippen molar-refractivity contribution in [1.29, 1.82) is 0 Å². The van der Waals surface area contributed by atoms with Crippen LogP contribution in [-0.4, -0.2) is 18.4 Å². The Hall–Kier alpha value is -2.88. The molecule has 26 heavy (non-hydrogen) atoms. The molecule has 1 heterocycles. The lowest BCUT2D eigenvalue weighted by Gasteiger charge is -2.16. The molecule has 0 unspecified atom stereocenters. The molecule has 0 fully saturated rings. The molecule has 4 nitrogen and oxygen atoms in total. The minimum Gasteiger partial charge on any atom is -0.492 e. The summed E-state index contributed by atoms with van der Waals surface area (Å²) in [5.74, 6) is -0.105. The van der Waals surface area contributed by atoms with Crippen molar-refractivity contribution in [1.82, 2.24) is 5.32 Å². The van der Waals surface area contributed by atoms with Crippen LogP contribution in [0.1, 0.15) is 38.2 Å². The maximum atomic E-state index is 12.1. The zero-order chi connectivity index (χ0) is 18.4. The minimum atomic E-state index is -0.385. The molecular weight excluding hydrogens is 326 g/mol. The number of carbonyl (C=O) groups is 2. The van der Waals surface area contributed by atoms with Crippen LogP contribution in [0.5, 0.6) is 5.75 Å². The molecule has 0 radical (unpaired) electrons. The van der Waals surface area contributed by atoms with E-state index in [4.69, 9.17) is 4.74 Å². The van der Waals surface area contributed by atoms with E-state index in [0.29, 0.717) is 23.5 Å². The fourth-order valence-corrected chi connectivity index (χ4v) is 3.06. The maximum Gasteiger partial charge on any atom is 0.259 e. The number of imide groups is 1. The van der Waals surface area contributed by atoms with Crippen LogP contribution in [0.2, 0.25) is 0 Å². The van der Waals surface area contributed by atoms with Gasteiger partial charge in [-0.15, -0.1) is 0 Å². The van der Waals surface area contributed by atoms with E-state index in [1.165, 1.54) is 18.9 Å². The SMILES string of the molecule is CCCCCCOc1c(C2=CC(=O)NC2=O)cccc1-c1ccccc1. The normalized spacial score (nSPS) is 13.5. The van der Waals surface area contributed by atoms with E-state index in [1.807, 2.05) is 48.5 Å². The van der Waals surface area contributed by atoms with Crippen molar-refractivity contribution in [3.05, 3.63) is 60.2 Å². The molecule has 134 valence electrons. The van der Waals surface area contributed by atoms with Gasteiger partial charge in [0.2, 0.25) is 0 Å². The first-order chi connectivity index (χ1) is 12.7. The summed E-state index contributed by atoms with van der Waals surface area (Å²) in [7, 11) is 0. The number of rotatable bonds is 8. The second-order valence-corrected chi connectivity index (χ2v) is 6.33. The predicted molar refractivity (Wildman–Crippen MR) is 103 cm³/mol. The van der Waals surface area contributed by atoms with Gasteiger partial charge in [-0.2, -0.15) is 0 Å². The van der Waals surface area contributed by atoms with E-state index in [0.717, 1.165) is 24.0 Å². The van der Waals surface area contributed by atoms with Crippen molar-refractivity contribution in [2.75, 3.05) is 6.61 Å². The first kappa shape index (κ1) is 17.9. The molecule has 1 N–H and O–H groups in total. The highest BCUT2D eigenvalue weighted by molar-refractivity contribution is 6.34. The van der Waals surface area contributed by atoms with Crippen LogP contribution in [0.4, 0.5) is 0 Å². The summed E-state index contributed by atoms with van der Waals surface area (Å²) >= 11 is 0. The summed E-state index contributed by atoms with van der Waals surface area (Å²) in [5.41, 5.74) is 2.96. The van der Waals surface area contributed by atoms with Gasteiger partial charge in [0.1, 0.15) is 5.75 Å². The summed E-state index contributed by atoms with van der Waals surface area (Å²) in [6.45, 7) is 2.76. The van der Waals surface area contributed by atoms with Gasteiger partial charge in [0, 0.05) is 17.2 Å². The van der Waals surface area contributed by atoms with Crippen molar-refractivity contribution in [2.24, 2.45) is 0 Å². The number of nitrogens with one attached hydrogen (secondary N) is 1. The van der Waals surface area contributed by atoms with Crippen LogP contribution in [0, 0.1) is 0 Å². The fraction of sp³-hybridized carbons (Fsp3) is 0.273. The van der Waals surface area contributed by atoms with Crippen molar-refractivity contribution in [3.8, 4) is 16.9 Å². The van der Waals surface area contributed by atoms with Gasteiger partial charge in [0.15, 0.2) is 0 Å². The van der Waals surface area contributed by atoms with Gasteiger partial charge in [-0.1, -0.05) is 74.7 Å². The first-order valence-electron chi connectivity index (χ1n) is 9.09. The van der Waals surface area contributed by atoms with E-state index in [1.54, 1.807) is 0 Å². The van der Waals surface area contributed by atoms with Gasteiger partial charge in [-0.25, -0.2) is 0 Å². The molecule has 0 saturated carbocycles. The molecule has 2 aromatic carbocycles. The first-order valence-corrected chi connectivity index (χ1v) is 9.09. The Labute approximate surface area is 153 Å². The van der Waals surface area contributed by atoms with Gasteiger partial charge in [-0.05, 0) is 12.0 Å². The van der Waals surface area contributed by atoms with Crippen LogP contribution in [0.3, 0.4) is 0 Å². The number of para-hydroxylation sites is 1. The Bertz CT molecular complexity index is 825. The second kappa shape index (κ2) is 8.48. The van der Waals surface area contributed by atoms with E-state index >= 15 is 0 Å². The molecule has 1 aliphatic heterocycles. The van der Waals surface area contributed by atoms with Crippen molar-refractivity contribution in [2.45, 2.75) is 32.6 Å². The summed E-state index contributed by atoms with van der Waals surface area (Å²) in [5, 5.41) is 2.31. The Balaban J connectivity index is 1.97. The monoisotopic (exact) mass is 349 g/mol. The zero-order valence-corrected chi connectivity index (χ0v) is 15.0. The van der Waals surface area contributed by atoms with E-state index in [2.05, 4.69) is 12.2 Å². The summed E-state index contributed by atoms with van der Waals surface area (Å²) < 4.78 is 6.13. The molecule has 0 saturated heterocycles. The average molecular weight is 349 g/mol. The molecule has 1 aliphatic rings. The standard InChI is InChI=1S/C22H23NO3/c1-2-3-4-8-14-26-21-17(16-10-6-5-7-11-16)12-9-13-18(21)19-15-20(24)23-22(19)25/h5-7,9-13,15H,2-4,8,14H2,1H3,(H,23,24,25). The molecule has 0 aromatic heterocycles. The van der Waals surface area contributed by atoms with Gasteiger partial charge in [0.05, 0.1) is 12.2 Å². The lowest BCUT2D eigenvalue weighted by Crippen LogP contribution is -2.22. The molecule has 4 heteroatoms. The van der Waals surface area contributed by atoms with Crippen molar-refractivity contribution >= 4 is 17.4 Å².